The molecule has 5 nitrogen and oxygen atoms in total. The molecule has 2 fully saturated rings. The van der Waals surface area contributed by atoms with Crippen LogP contribution in [0.2, 0.25) is 0 Å². The first-order valence-electron chi connectivity index (χ1n) is 7.96. The first-order chi connectivity index (χ1) is 10.8. The van der Waals surface area contributed by atoms with E-state index in [2.05, 4.69) is 25.2 Å². The van der Waals surface area contributed by atoms with Gasteiger partial charge >= 0.3 is 0 Å². The quantitative estimate of drug-likeness (QED) is 0.945. The third kappa shape index (κ3) is 2.37. The number of H-pyrrole nitrogens is 1. The van der Waals surface area contributed by atoms with Crippen molar-refractivity contribution in [3.05, 3.63) is 30.2 Å². The third-order valence-electron chi connectivity index (χ3n) is 4.92. The van der Waals surface area contributed by atoms with Gasteiger partial charge in [-0.2, -0.15) is 15.4 Å². The average Bonchev–Trinajstić information content (AvgIpc) is 3.01. The molecule has 22 heavy (non-hydrogen) atoms. The summed E-state index contributed by atoms with van der Waals surface area (Å²) in [6.45, 7) is 3.82. The molecule has 6 heteroatoms. The SMILES string of the molecule is Fc1c(-c2cn[nH]n2)cccc1N1CCN(C2CCC2)CC1. The Morgan fingerprint density at radius 2 is 1.95 bits per heavy atom. The van der Waals surface area contributed by atoms with Crippen LogP contribution in [0.15, 0.2) is 24.4 Å². The van der Waals surface area contributed by atoms with E-state index >= 15 is 0 Å². The lowest BCUT2D eigenvalue weighted by atomic mass is 9.91. The number of aromatic amines is 1. The van der Waals surface area contributed by atoms with Crippen molar-refractivity contribution >= 4 is 5.69 Å². The average molecular weight is 301 g/mol. The van der Waals surface area contributed by atoms with Gasteiger partial charge in [-0.1, -0.05) is 12.5 Å². The minimum atomic E-state index is -0.200. The zero-order valence-corrected chi connectivity index (χ0v) is 12.5. The maximum atomic E-state index is 14.8. The molecule has 0 atom stereocenters. The monoisotopic (exact) mass is 301 g/mol. The number of halogens is 1. The van der Waals surface area contributed by atoms with Gasteiger partial charge in [-0.25, -0.2) is 4.39 Å². The van der Waals surface area contributed by atoms with Gasteiger partial charge in [0, 0.05) is 37.8 Å². The predicted molar refractivity (Wildman–Crippen MR) is 83.2 cm³/mol. The van der Waals surface area contributed by atoms with Crippen molar-refractivity contribution in [3.63, 3.8) is 0 Å². The molecule has 1 aliphatic heterocycles. The smallest absolute Gasteiger partial charge is 0.155 e. The van der Waals surface area contributed by atoms with Crippen LogP contribution >= 0.6 is 0 Å². The number of benzene rings is 1. The van der Waals surface area contributed by atoms with Gasteiger partial charge in [-0.3, -0.25) is 4.90 Å². The van der Waals surface area contributed by atoms with E-state index in [9.17, 15) is 4.39 Å². The second-order valence-electron chi connectivity index (χ2n) is 6.10. The van der Waals surface area contributed by atoms with Crippen molar-refractivity contribution < 1.29 is 4.39 Å². The van der Waals surface area contributed by atoms with E-state index in [-0.39, 0.29) is 5.82 Å². The number of piperazine rings is 1. The summed E-state index contributed by atoms with van der Waals surface area (Å²) in [6, 6.07) is 6.27. The number of nitrogens with one attached hydrogen (secondary N) is 1. The zero-order chi connectivity index (χ0) is 14.9. The molecule has 0 bridgehead atoms. The van der Waals surface area contributed by atoms with Gasteiger partial charge in [-0.05, 0) is 25.0 Å². The molecular formula is C16H20FN5. The predicted octanol–water partition coefficient (Wildman–Crippen LogP) is 2.29. The highest BCUT2D eigenvalue weighted by Crippen LogP contribution is 2.30. The summed E-state index contributed by atoms with van der Waals surface area (Å²) in [5, 5.41) is 10.3. The molecule has 2 aromatic rings. The first kappa shape index (κ1) is 13.7. The van der Waals surface area contributed by atoms with Crippen LogP contribution in [0.1, 0.15) is 19.3 Å². The Morgan fingerprint density at radius 3 is 2.59 bits per heavy atom. The van der Waals surface area contributed by atoms with Crippen LogP contribution in [0.5, 0.6) is 0 Å². The molecule has 1 saturated carbocycles. The third-order valence-corrected chi connectivity index (χ3v) is 4.92. The molecular weight excluding hydrogens is 281 g/mol. The van der Waals surface area contributed by atoms with E-state index in [0.717, 1.165) is 32.2 Å². The number of hydrogen-bond acceptors (Lipinski definition) is 4. The maximum Gasteiger partial charge on any atom is 0.155 e. The minimum absolute atomic E-state index is 0.200. The second-order valence-corrected chi connectivity index (χ2v) is 6.10. The summed E-state index contributed by atoms with van der Waals surface area (Å²) in [4.78, 5) is 4.70. The summed E-state index contributed by atoms with van der Waals surface area (Å²) < 4.78 is 14.8. The van der Waals surface area contributed by atoms with Gasteiger partial charge in [0.2, 0.25) is 0 Å². The fourth-order valence-corrected chi connectivity index (χ4v) is 3.37. The molecule has 0 spiro atoms. The van der Waals surface area contributed by atoms with Crippen LogP contribution < -0.4 is 4.90 Å². The molecule has 1 saturated heterocycles. The Kier molecular flexibility index (Phi) is 3.54. The van der Waals surface area contributed by atoms with Gasteiger partial charge in [0.1, 0.15) is 5.69 Å². The molecule has 4 rings (SSSR count). The lowest BCUT2D eigenvalue weighted by Gasteiger charge is -2.43. The second kappa shape index (κ2) is 5.68. The normalized spacial score (nSPS) is 20.1. The van der Waals surface area contributed by atoms with E-state index in [1.54, 1.807) is 12.3 Å². The van der Waals surface area contributed by atoms with Crippen molar-refractivity contribution in [2.24, 2.45) is 0 Å². The van der Waals surface area contributed by atoms with Crippen LogP contribution in [-0.2, 0) is 0 Å². The minimum Gasteiger partial charge on any atom is -0.367 e. The number of aromatic nitrogens is 3. The fourth-order valence-electron chi connectivity index (χ4n) is 3.37. The summed E-state index contributed by atoms with van der Waals surface area (Å²) in [6.07, 6.45) is 5.57. The van der Waals surface area contributed by atoms with Crippen molar-refractivity contribution in [2.75, 3.05) is 31.1 Å². The lowest BCUT2D eigenvalue weighted by Crippen LogP contribution is -2.52. The lowest BCUT2D eigenvalue weighted by molar-refractivity contribution is 0.120. The van der Waals surface area contributed by atoms with E-state index in [1.807, 2.05) is 12.1 Å². The van der Waals surface area contributed by atoms with Gasteiger partial charge in [0.15, 0.2) is 5.82 Å². The van der Waals surface area contributed by atoms with E-state index < -0.39 is 0 Å². The number of hydrogen-bond donors (Lipinski definition) is 1. The largest absolute Gasteiger partial charge is 0.367 e. The van der Waals surface area contributed by atoms with Gasteiger partial charge in [0.05, 0.1) is 11.9 Å². The summed E-state index contributed by atoms with van der Waals surface area (Å²) >= 11 is 0. The van der Waals surface area contributed by atoms with Crippen LogP contribution in [-0.4, -0.2) is 52.5 Å². The van der Waals surface area contributed by atoms with E-state index in [4.69, 9.17) is 0 Å². The molecule has 1 N–H and O–H groups in total. The number of nitrogens with zero attached hydrogens (tertiary/aromatic N) is 4. The zero-order valence-electron chi connectivity index (χ0n) is 12.5. The van der Waals surface area contributed by atoms with Crippen LogP contribution in [0.4, 0.5) is 10.1 Å². The molecule has 1 aromatic heterocycles. The van der Waals surface area contributed by atoms with Crippen LogP contribution in [0.3, 0.4) is 0 Å². The maximum absolute atomic E-state index is 14.8. The standard InChI is InChI=1S/C16H20FN5/c17-16-13(14-11-18-20-19-14)5-2-6-15(16)22-9-7-21(8-10-22)12-3-1-4-12/h2,5-6,11-12H,1,3-4,7-10H2,(H,18,19,20). The summed E-state index contributed by atoms with van der Waals surface area (Å²) in [7, 11) is 0. The highest BCUT2D eigenvalue weighted by molar-refractivity contribution is 5.66. The highest BCUT2D eigenvalue weighted by Gasteiger charge is 2.28. The molecule has 0 radical (unpaired) electrons. The molecule has 1 aromatic carbocycles. The van der Waals surface area contributed by atoms with E-state index in [0.29, 0.717) is 16.9 Å². The van der Waals surface area contributed by atoms with E-state index in [1.165, 1.54) is 19.3 Å². The van der Waals surface area contributed by atoms with Gasteiger partial charge in [0.25, 0.3) is 0 Å². The number of rotatable bonds is 3. The summed E-state index contributed by atoms with van der Waals surface area (Å²) in [5.74, 6) is -0.200. The van der Waals surface area contributed by atoms with Crippen molar-refractivity contribution in [2.45, 2.75) is 25.3 Å². The van der Waals surface area contributed by atoms with Crippen LogP contribution in [0.25, 0.3) is 11.3 Å². The molecule has 1 aliphatic carbocycles. The Bertz CT molecular complexity index is 630. The first-order valence-corrected chi connectivity index (χ1v) is 7.96. The summed E-state index contributed by atoms with van der Waals surface area (Å²) in [5.41, 5.74) is 1.73. The van der Waals surface area contributed by atoms with Gasteiger partial charge in [-0.15, -0.1) is 0 Å². The Hall–Kier alpha value is -1.95. The fraction of sp³-hybridized carbons (Fsp3) is 0.500. The van der Waals surface area contributed by atoms with Crippen molar-refractivity contribution in [1.82, 2.24) is 20.3 Å². The number of anilines is 1. The Balaban J connectivity index is 1.52. The highest BCUT2D eigenvalue weighted by atomic mass is 19.1. The molecule has 116 valence electrons. The molecule has 2 heterocycles. The molecule has 0 unspecified atom stereocenters. The van der Waals surface area contributed by atoms with Crippen molar-refractivity contribution in [1.29, 1.82) is 0 Å². The van der Waals surface area contributed by atoms with Crippen molar-refractivity contribution in [3.8, 4) is 11.3 Å². The molecule has 2 aliphatic rings. The topological polar surface area (TPSA) is 48.1 Å². The van der Waals surface area contributed by atoms with Gasteiger partial charge < -0.3 is 4.90 Å². The Labute approximate surface area is 129 Å². The molecule has 0 amide bonds. The van der Waals surface area contributed by atoms with Crippen LogP contribution in [0, 0.1) is 5.82 Å². The Morgan fingerprint density at radius 1 is 1.14 bits per heavy atom.